The summed E-state index contributed by atoms with van der Waals surface area (Å²) in [6.45, 7) is 1.45. The maximum absolute atomic E-state index is 12.4. The number of benzene rings is 1. The molecule has 2 amide bonds. The van der Waals surface area contributed by atoms with Crippen LogP contribution in [0.2, 0.25) is 0 Å². The molecule has 3 rings (SSSR count). The summed E-state index contributed by atoms with van der Waals surface area (Å²) in [4.78, 5) is 27.5. The van der Waals surface area contributed by atoms with Gasteiger partial charge in [-0.2, -0.15) is 0 Å². The number of amides is 2. The number of carbonyl (C=O) groups is 2. The summed E-state index contributed by atoms with van der Waals surface area (Å²) in [6.07, 6.45) is 5.27. The van der Waals surface area contributed by atoms with Crippen molar-refractivity contribution in [3.05, 3.63) is 60.6 Å². The van der Waals surface area contributed by atoms with Crippen molar-refractivity contribution in [3.63, 3.8) is 0 Å². The Kier molecular flexibility index (Phi) is 3.57. The van der Waals surface area contributed by atoms with Gasteiger partial charge in [-0.15, -0.1) is 0 Å². The fourth-order valence-electron chi connectivity index (χ4n) is 2.16. The monoisotopic (exact) mass is 294 g/mol. The zero-order valence-electron chi connectivity index (χ0n) is 11.9. The molecule has 0 radical (unpaired) electrons. The van der Waals surface area contributed by atoms with Crippen molar-refractivity contribution in [2.45, 2.75) is 6.92 Å². The van der Waals surface area contributed by atoms with E-state index in [-0.39, 0.29) is 11.8 Å². The van der Waals surface area contributed by atoms with Crippen molar-refractivity contribution in [3.8, 4) is 0 Å². The van der Waals surface area contributed by atoms with Crippen LogP contribution in [0.4, 0.5) is 11.4 Å². The molecule has 0 saturated heterocycles. The van der Waals surface area contributed by atoms with Gasteiger partial charge in [-0.05, 0) is 36.4 Å². The highest BCUT2D eigenvalue weighted by atomic mass is 16.2. The lowest BCUT2D eigenvalue weighted by molar-refractivity contribution is -0.114. The van der Waals surface area contributed by atoms with Crippen molar-refractivity contribution in [1.82, 2.24) is 9.38 Å². The van der Waals surface area contributed by atoms with E-state index in [0.717, 1.165) is 0 Å². The minimum absolute atomic E-state index is 0.136. The Hall–Kier alpha value is -3.15. The minimum atomic E-state index is -0.232. The molecular formula is C16H14N4O2. The lowest BCUT2D eigenvalue weighted by Gasteiger charge is -2.07. The number of fused-ring (bicyclic) bond motifs is 1. The number of nitrogens with zero attached hydrogens (tertiary/aromatic N) is 2. The van der Waals surface area contributed by atoms with E-state index in [9.17, 15) is 9.59 Å². The van der Waals surface area contributed by atoms with Crippen molar-refractivity contribution < 1.29 is 9.59 Å². The fraction of sp³-hybridized carbons (Fsp3) is 0.0625. The number of anilines is 2. The fourth-order valence-corrected chi connectivity index (χ4v) is 2.16. The highest BCUT2D eigenvalue weighted by Crippen LogP contribution is 2.16. The molecule has 0 atom stereocenters. The average Bonchev–Trinajstić information content (AvgIpc) is 2.97. The van der Waals surface area contributed by atoms with Gasteiger partial charge < -0.3 is 15.0 Å². The Bertz CT molecular complexity index is 837. The first-order valence-electron chi connectivity index (χ1n) is 6.74. The van der Waals surface area contributed by atoms with Crippen LogP contribution in [0.15, 0.2) is 55.0 Å². The zero-order chi connectivity index (χ0) is 15.5. The molecule has 22 heavy (non-hydrogen) atoms. The van der Waals surface area contributed by atoms with Crippen LogP contribution in [0.3, 0.4) is 0 Å². The lowest BCUT2D eigenvalue weighted by Crippen LogP contribution is -2.13. The third-order valence-electron chi connectivity index (χ3n) is 3.13. The second-order valence-electron chi connectivity index (χ2n) is 4.79. The zero-order valence-corrected chi connectivity index (χ0v) is 11.9. The predicted molar refractivity (Wildman–Crippen MR) is 83.9 cm³/mol. The Morgan fingerprint density at radius 2 is 1.68 bits per heavy atom. The van der Waals surface area contributed by atoms with Crippen molar-refractivity contribution in [2.75, 3.05) is 10.6 Å². The molecule has 0 bridgehead atoms. The molecule has 0 aliphatic rings. The van der Waals surface area contributed by atoms with Crippen molar-refractivity contribution >= 4 is 28.8 Å². The standard InChI is InChI=1S/C16H14N4O2/c1-11(21)18-12-4-6-13(7-5-12)19-16(22)14-3-2-9-20-10-8-17-15(14)20/h2-10H,1H3,(H,18,21)(H,19,22). The van der Waals surface area contributed by atoms with Gasteiger partial charge in [0.1, 0.15) is 5.65 Å². The van der Waals surface area contributed by atoms with Gasteiger partial charge in [0, 0.05) is 36.9 Å². The summed E-state index contributed by atoms with van der Waals surface area (Å²) in [5, 5.41) is 5.49. The van der Waals surface area contributed by atoms with E-state index < -0.39 is 0 Å². The number of hydrogen-bond donors (Lipinski definition) is 2. The van der Waals surface area contributed by atoms with Gasteiger partial charge in [-0.3, -0.25) is 9.59 Å². The van der Waals surface area contributed by atoms with Crippen LogP contribution < -0.4 is 10.6 Å². The van der Waals surface area contributed by atoms with Crippen LogP contribution in [-0.2, 0) is 4.79 Å². The highest BCUT2D eigenvalue weighted by molar-refractivity contribution is 6.08. The van der Waals surface area contributed by atoms with Crippen LogP contribution >= 0.6 is 0 Å². The Morgan fingerprint density at radius 3 is 2.36 bits per heavy atom. The van der Waals surface area contributed by atoms with Gasteiger partial charge in [0.15, 0.2) is 0 Å². The molecule has 0 aliphatic carbocycles. The summed E-state index contributed by atoms with van der Waals surface area (Å²) in [5.41, 5.74) is 2.43. The molecule has 0 saturated carbocycles. The molecule has 0 spiro atoms. The average molecular weight is 294 g/mol. The van der Waals surface area contributed by atoms with E-state index in [0.29, 0.717) is 22.6 Å². The van der Waals surface area contributed by atoms with E-state index in [4.69, 9.17) is 0 Å². The third-order valence-corrected chi connectivity index (χ3v) is 3.13. The van der Waals surface area contributed by atoms with Crippen LogP contribution in [0.1, 0.15) is 17.3 Å². The van der Waals surface area contributed by atoms with Gasteiger partial charge >= 0.3 is 0 Å². The summed E-state index contributed by atoms with van der Waals surface area (Å²) in [6, 6.07) is 10.4. The minimum Gasteiger partial charge on any atom is -0.326 e. The van der Waals surface area contributed by atoms with Gasteiger partial charge in [-0.1, -0.05) is 0 Å². The maximum atomic E-state index is 12.4. The third kappa shape index (κ3) is 2.80. The van der Waals surface area contributed by atoms with E-state index in [1.807, 2.05) is 6.20 Å². The number of carbonyl (C=O) groups excluding carboxylic acids is 2. The Morgan fingerprint density at radius 1 is 1.00 bits per heavy atom. The van der Waals surface area contributed by atoms with Crippen molar-refractivity contribution in [2.24, 2.45) is 0 Å². The van der Waals surface area contributed by atoms with Crippen LogP contribution in [0.5, 0.6) is 0 Å². The smallest absolute Gasteiger partial charge is 0.259 e. The number of nitrogens with one attached hydrogen (secondary N) is 2. The molecule has 6 heteroatoms. The first kappa shape index (κ1) is 13.8. The molecule has 2 heterocycles. The number of rotatable bonds is 3. The quantitative estimate of drug-likeness (QED) is 0.779. The maximum Gasteiger partial charge on any atom is 0.259 e. The number of aromatic nitrogens is 2. The summed E-state index contributed by atoms with van der Waals surface area (Å²) in [5.74, 6) is -0.369. The SMILES string of the molecule is CC(=O)Nc1ccc(NC(=O)c2cccn3ccnc23)cc1. The lowest BCUT2D eigenvalue weighted by atomic mass is 10.2. The topological polar surface area (TPSA) is 75.5 Å². The molecule has 6 nitrogen and oxygen atoms in total. The largest absolute Gasteiger partial charge is 0.326 e. The van der Waals surface area contributed by atoms with E-state index in [1.165, 1.54) is 6.92 Å². The normalized spacial score (nSPS) is 10.4. The first-order chi connectivity index (χ1) is 10.6. The summed E-state index contributed by atoms with van der Waals surface area (Å²) in [7, 11) is 0. The number of imidazole rings is 1. The Balaban J connectivity index is 1.79. The molecular weight excluding hydrogens is 280 g/mol. The summed E-state index contributed by atoms with van der Waals surface area (Å²) < 4.78 is 1.79. The van der Waals surface area contributed by atoms with Crippen LogP contribution in [0.25, 0.3) is 5.65 Å². The van der Waals surface area contributed by atoms with Crippen LogP contribution in [-0.4, -0.2) is 21.2 Å². The molecule has 110 valence electrons. The molecule has 0 unspecified atom stereocenters. The molecule has 3 aromatic rings. The van der Waals surface area contributed by atoms with Gasteiger partial charge in [0.2, 0.25) is 5.91 Å². The molecule has 0 aliphatic heterocycles. The molecule has 2 aromatic heterocycles. The Labute approximate surface area is 126 Å². The number of hydrogen-bond acceptors (Lipinski definition) is 3. The first-order valence-corrected chi connectivity index (χ1v) is 6.74. The van der Waals surface area contributed by atoms with Gasteiger partial charge in [0.25, 0.3) is 5.91 Å². The van der Waals surface area contributed by atoms with Gasteiger partial charge in [-0.25, -0.2) is 4.98 Å². The second-order valence-corrected chi connectivity index (χ2v) is 4.79. The van der Waals surface area contributed by atoms with Gasteiger partial charge in [0.05, 0.1) is 5.56 Å². The van der Waals surface area contributed by atoms with Crippen LogP contribution in [0, 0.1) is 0 Å². The predicted octanol–water partition coefficient (Wildman–Crippen LogP) is 2.55. The molecule has 2 N–H and O–H groups in total. The van der Waals surface area contributed by atoms with E-state index in [2.05, 4.69) is 15.6 Å². The van der Waals surface area contributed by atoms with Crippen molar-refractivity contribution in [1.29, 1.82) is 0 Å². The highest BCUT2D eigenvalue weighted by Gasteiger charge is 2.11. The second kappa shape index (κ2) is 5.69. The summed E-state index contributed by atoms with van der Waals surface area (Å²) >= 11 is 0. The van der Waals surface area contributed by atoms with E-state index >= 15 is 0 Å². The van der Waals surface area contributed by atoms with E-state index in [1.54, 1.807) is 53.2 Å². The molecule has 1 aromatic carbocycles. The molecule has 0 fully saturated rings. The number of pyridine rings is 1.